The third-order valence-corrected chi connectivity index (χ3v) is 3.51. The normalized spacial score (nSPS) is 10.9. The van der Waals surface area contributed by atoms with Gasteiger partial charge in [-0.2, -0.15) is 0 Å². The Kier molecular flexibility index (Phi) is 12.9. The van der Waals surface area contributed by atoms with Gasteiger partial charge in [0, 0.05) is 39.4 Å². The van der Waals surface area contributed by atoms with E-state index in [1.165, 1.54) is 24.1 Å². The lowest BCUT2D eigenvalue weighted by Crippen LogP contribution is -2.37. The lowest BCUT2D eigenvalue weighted by molar-refractivity contribution is 0.725. The molecule has 0 atom stereocenters. The molecule has 1 rings (SSSR count). The summed E-state index contributed by atoms with van der Waals surface area (Å²) in [6, 6.07) is 8.78. The second-order valence-electron chi connectivity index (χ2n) is 5.71. The molecule has 23 heavy (non-hydrogen) atoms. The van der Waals surface area contributed by atoms with E-state index in [1.807, 2.05) is 0 Å². The molecule has 0 aliphatic rings. The number of halogens is 1. The van der Waals surface area contributed by atoms with Gasteiger partial charge in [-0.25, -0.2) is 0 Å². The number of guanidine groups is 1. The van der Waals surface area contributed by atoms with Crippen LogP contribution in [0.5, 0.6) is 0 Å². The maximum absolute atomic E-state index is 4.63. The van der Waals surface area contributed by atoms with Crippen molar-refractivity contribution >= 4 is 35.6 Å². The average Bonchev–Trinajstić information content (AvgIpc) is 2.52. The summed E-state index contributed by atoms with van der Waals surface area (Å²) in [5, 5.41) is 6.67. The first-order chi connectivity index (χ1) is 10.7. The van der Waals surface area contributed by atoms with Crippen LogP contribution in [0, 0.1) is 0 Å². The molecule has 1 aromatic rings. The van der Waals surface area contributed by atoms with Gasteiger partial charge in [0.1, 0.15) is 0 Å². The van der Waals surface area contributed by atoms with Crippen molar-refractivity contribution in [2.45, 2.75) is 39.5 Å². The minimum Gasteiger partial charge on any atom is -0.378 e. The summed E-state index contributed by atoms with van der Waals surface area (Å²) >= 11 is 0. The van der Waals surface area contributed by atoms with Crippen molar-refractivity contribution in [2.75, 3.05) is 38.6 Å². The molecule has 0 aliphatic heterocycles. The van der Waals surface area contributed by atoms with Crippen molar-refractivity contribution in [3.05, 3.63) is 29.8 Å². The number of aliphatic imine (C=N–C) groups is 1. The summed E-state index contributed by atoms with van der Waals surface area (Å²) in [4.78, 5) is 6.76. The van der Waals surface area contributed by atoms with Crippen molar-refractivity contribution in [3.8, 4) is 0 Å². The molecule has 0 fully saturated rings. The number of unbranched alkanes of at least 4 members (excludes halogenated alkanes) is 1. The van der Waals surface area contributed by atoms with Crippen LogP contribution >= 0.6 is 24.0 Å². The van der Waals surface area contributed by atoms with Gasteiger partial charge in [-0.15, -0.1) is 24.0 Å². The Bertz CT molecular complexity index is 429. The summed E-state index contributed by atoms with van der Waals surface area (Å²) in [6.07, 6.45) is 4.54. The fraction of sp³-hybridized carbons (Fsp3) is 0.611. The van der Waals surface area contributed by atoms with Gasteiger partial charge in [0.2, 0.25) is 0 Å². The Labute approximate surface area is 159 Å². The Balaban J connectivity index is 0.00000484. The minimum atomic E-state index is 0. The quantitative estimate of drug-likeness (QED) is 0.271. The van der Waals surface area contributed by atoms with Gasteiger partial charge in [0.15, 0.2) is 5.96 Å². The zero-order valence-corrected chi connectivity index (χ0v) is 17.4. The van der Waals surface area contributed by atoms with Crippen molar-refractivity contribution in [2.24, 2.45) is 4.99 Å². The van der Waals surface area contributed by atoms with Crippen molar-refractivity contribution < 1.29 is 0 Å². The minimum absolute atomic E-state index is 0. The number of anilines is 1. The van der Waals surface area contributed by atoms with E-state index in [4.69, 9.17) is 0 Å². The Morgan fingerprint density at radius 1 is 1.04 bits per heavy atom. The van der Waals surface area contributed by atoms with E-state index in [-0.39, 0.29) is 24.0 Å². The van der Waals surface area contributed by atoms with Crippen LogP contribution in [0.15, 0.2) is 29.3 Å². The number of aryl methyl sites for hydroxylation is 1. The van der Waals surface area contributed by atoms with Gasteiger partial charge in [-0.05, 0) is 43.9 Å². The number of hydrogen-bond donors (Lipinski definition) is 2. The fourth-order valence-electron chi connectivity index (χ4n) is 2.16. The molecule has 1 aromatic carbocycles. The summed E-state index contributed by atoms with van der Waals surface area (Å²) < 4.78 is 0. The van der Waals surface area contributed by atoms with Gasteiger partial charge in [-0.3, -0.25) is 4.99 Å². The molecule has 0 saturated heterocycles. The topological polar surface area (TPSA) is 39.7 Å². The lowest BCUT2D eigenvalue weighted by Gasteiger charge is -2.12. The molecule has 0 bridgehead atoms. The van der Waals surface area contributed by atoms with E-state index >= 15 is 0 Å². The molecule has 0 saturated carbocycles. The first kappa shape index (κ1) is 22.0. The molecular weight excluding hydrogens is 399 g/mol. The molecule has 0 aliphatic carbocycles. The predicted molar refractivity (Wildman–Crippen MR) is 113 cm³/mol. The van der Waals surface area contributed by atoms with E-state index < -0.39 is 0 Å². The van der Waals surface area contributed by atoms with Crippen LogP contribution in [0.1, 0.15) is 38.7 Å². The van der Waals surface area contributed by atoms with E-state index in [1.54, 1.807) is 0 Å². The van der Waals surface area contributed by atoms with Crippen LogP contribution in [0.3, 0.4) is 0 Å². The summed E-state index contributed by atoms with van der Waals surface area (Å²) in [5.74, 6) is 0.943. The Morgan fingerprint density at radius 2 is 1.74 bits per heavy atom. The first-order valence-electron chi connectivity index (χ1n) is 8.45. The van der Waals surface area contributed by atoms with E-state index in [0.29, 0.717) is 0 Å². The number of nitrogens with zero attached hydrogens (tertiary/aromatic N) is 2. The molecule has 132 valence electrons. The van der Waals surface area contributed by atoms with Gasteiger partial charge in [0.25, 0.3) is 0 Å². The van der Waals surface area contributed by atoms with Crippen molar-refractivity contribution in [1.82, 2.24) is 10.6 Å². The molecule has 4 nitrogen and oxygen atoms in total. The van der Waals surface area contributed by atoms with Crippen LogP contribution in [-0.2, 0) is 6.42 Å². The van der Waals surface area contributed by atoms with Crippen LogP contribution in [0.25, 0.3) is 0 Å². The zero-order valence-electron chi connectivity index (χ0n) is 15.1. The number of hydrogen-bond acceptors (Lipinski definition) is 2. The van der Waals surface area contributed by atoms with E-state index in [0.717, 1.165) is 38.4 Å². The highest BCUT2D eigenvalue weighted by atomic mass is 127. The summed E-state index contributed by atoms with van der Waals surface area (Å²) in [5.41, 5.74) is 2.63. The maximum atomic E-state index is 4.63. The van der Waals surface area contributed by atoms with Gasteiger partial charge in [0.05, 0.1) is 0 Å². The Hall–Kier alpha value is -0.980. The third-order valence-electron chi connectivity index (χ3n) is 3.51. The molecule has 0 radical (unpaired) electrons. The maximum Gasteiger partial charge on any atom is 0.191 e. The number of rotatable bonds is 9. The largest absolute Gasteiger partial charge is 0.378 e. The summed E-state index contributed by atoms with van der Waals surface area (Å²) in [6.45, 7) is 7.06. The number of nitrogens with one attached hydrogen (secondary N) is 2. The van der Waals surface area contributed by atoms with Crippen LogP contribution in [-0.4, -0.2) is 39.7 Å². The highest BCUT2D eigenvalue weighted by Crippen LogP contribution is 2.13. The highest BCUT2D eigenvalue weighted by Gasteiger charge is 1.98. The molecule has 0 amide bonds. The molecule has 0 unspecified atom stereocenters. The van der Waals surface area contributed by atoms with Crippen LogP contribution in [0.4, 0.5) is 5.69 Å². The summed E-state index contributed by atoms with van der Waals surface area (Å²) in [7, 11) is 4.13. The second-order valence-corrected chi connectivity index (χ2v) is 5.71. The molecule has 0 heterocycles. The first-order valence-corrected chi connectivity index (χ1v) is 8.45. The molecule has 5 heteroatoms. The van der Waals surface area contributed by atoms with E-state index in [2.05, 4.69) is 72.7 Å². The number of benzene rings is 1. The lowest BCUT2D eigenvalue weighted by atomic mass is 10.1. The smallest absolute Gasteiger partial charge is 0.191 e. The highest BCUT2D eigenvalue weighted by molar-refractivity contribution is 14.0. The van der Waals surface area contributed by atoms with Gasteiger partial charge < -0.3 is 15.5 Å². The third kappa shape index (κ3) is 9.69. The SMILES string of the molecule is CCCCNC(=NCCCc1ccc(N(C)C)cc1)NCC.I. The van der Waals surface area contributed by atoms with Crippen molar-refractivity contribution in [3.63, 3.8) is 0 Å². The van der Waals surface area contributed by atoms with Crippen molar-refractivity contribution in [1.29, 1.82) is 0 Å². The molecule has 0 aromatic heterocycles. The monoisotopic (exact) mass is 432 g/mol. The fourth-order valence-corrected chi connectivity index (χ4v) is 2.16. The van der Waals surface area contributed by atoms with Gasteiger partial charge >= 0.3 is 0 Å². The van der Waals surface area contributed by atoms with Crippen LogP contribution < -0.4 is 15.5 Å². The standard InChI is InChI=1S/C18H32N4.HI/c1-5-7-14-20-18(19-6-2)21-15-8-9-16-10-12-17(13-11-16)22(3)4;/h10-13H,5-9,14-15H2,1-4H3,(H2,19,20,21);1H. The average molecular weight is 432 g/mol. The molecule has 2 N–H and O–H groups in total. The van der Waals surface area contributed by atoms with E-state index in [9.17, 15) is 0 Å². The predicted octanol–water partition coefficient (Wildman–Crippen LogP) is 3.66. The molecular formula is C18H33IN4. The second kappa shape index (κ2) is 13.5. The zero-order chi connectivity index (χ0) is 16.2. The van der Waals surface area contributed by atoms with Crippen LogP contribution in [0.2, 0.25) is 0 Å². The Morgan fingerprint density at radius 3 is 2.30 bits per heavy atom. The van der Waals surface area contributed by atoms with Gasteiger partial charge in [-0.1, -0.05) is 25.5 Å². The molecule has 0 spiro atoms.